The summed E-state index contributed by atoms with van der Waals surface area (Å²) >= 11 is 0. The van der Waals surface area contributed by atoms with Crippen molar-refractivity contribution in [2.45, 2.75) is 25.6 Å². The standard InChI is InChI=1S/C11H18FN3/c1-9-8-15(6-5-14(9)2)11-4-3-10(12)7-13-11/h3,7,9,11H,4-6,8H2,1-2H3/t9-,11?/m1/s1. The van der Waals surface area contributed by atoms with Gasteiger partial charge in [-0.1, -0.05) is 0 Å². The summed E-state index contributed by atoms with van der Waals surface area (Å²) in [5, 5.41) is 0. The molecule has 2 atom stereocenters. The second-order valence-electron chi connectivity index (χ2n) is 4.41. The number of nitrogens with zero attached hydrogens (tertiary/aromatic N) is 3. The van der Waals surface area contributed by atoms with Gasteiger partial charge in [0, 0.05) is 32.1 Å². The van der Waals surface area contributed by atoms with Gasteiger partial charge in [0.05, 0.1) is 6.21 Å². The first-order valence-corrected chi connectivity index (χ1v) is 5.50. The zero-order valence-electron chi connectivity index (χ0n) is 9.36. The average molecular weight is 211 g/mol. The van der Waals surface area contributed by atoms with Gasteiger partial charge < -0.3 is 4.90 Å². The van der Waals surface area contributed by atoms with Gasteiger partial charge in [-0.25, -0.2) is 4.39 Å². The van der Waals surface area contributed by atoms with Gasteiger partial charge in [0.25, 0.3) is 0 Å². The molecule has 1 saturated heterocycles. The molecule has 4 heteroatoms. The average Bonchev–Trinajstić information content (AvgIpc) is 2.23. The minimum absolute atomic E-state index is 0.153. The van der Waals surface area contributed by atoms with E-state index >= 15 is 0 Å². The SMILES string of the molecule is C[C@@H]1CN(C2CC=C(F)C=N2)CCN1C. The summed E-state index contributed by atoms with van der Waals surface area (Å²) in [6, 6.07) is 0.560. The predicted octanol–water partition coefficient (Wildman–Crippen LogP) is 1.28. The van der Waals surface area contributed by atoms with E-state index in [1.807, 2.05) is 0 Å². The molecule has 2 aliphatic heterocycles. The maximum absolute atomic E-state index is 12.7. The molecule has 0 radical (unpaired) electrons. The lowest BCUT2D eigenvalue weighted by atomic mass is 10.1. The van der Waals surface area contributed by atoms with Crippen LogP contribution in [0.25, 0.3) is 0 Å². The summed E-state index contributed by atoms with van der Waals surface area (Å²) < 4.78 is 12.7. The van der Waals surface area contributed by atoms with Crippen LogP contribution in [0.15, 0.2) is 16.9 Å². The number of hydrogen-bond donors (Lipinski definition) is 0. The van der Waals surface area contributed by atoms with Crippen molar-refractivity contribution in [3.63, 3.8) is 0 Å². The Kier molecular flexibility index (Phi) is 3.17. The van der Waals surface area contributed by atoms with E-state index in [-0.39, 0.29) is 12.0 Å². The van der Waals surface area contributed by atoms with Crippen molar-refractivity contribution in [1.82, 2.24) is 9.80 Å². The maximum atomic E-state index is 12.7. The smallest absolute Gasteiger partial charge is 0.137 e. The van der Waals surface area contributed by atoms with Crippen molar-refractivity contribution in [3.8, 4) is 0 Å². The Balaban J connectivity index is 1.93. The van der Waals surface area contributed by atoms with Crippen molar-refractivity contribution < 1.29 is 4.39 Å². The molecule has 0 N–H and O–H groups in total. The predicted molar refractivity (Wildman–Crippen MR) is 59.8 cm³/mol. The van der Waals surface area contributed by atoms with E-state index in [9.17, 15) is 4.39 Å². The molecule has 0 aliphatic carbocycles. The number of halogens is 1. The van der Waals surface area contributed by atoms with Crippen molar-refractivity contribution in [2.75, 3.05) is 26.7 Å². The Bertz CT molecular complexity index is 288. The molecule has 0 spiro atoms. The Morgan fingerprint density at radius 1 is 1.47 bits per heavy atom. The van der Waals surface area contributed by atoms with Crippen LogP contribution in [0.1, 0.15) is 13.3 Å². The van der Waals surface area contributed by atoms with Crippen LogP contribution in [0, 0.1) is 0 Å². The zero-order valence-corrected chi connectivity index (χ0v) is 9.36. The number of rotatable bonds is 1. The Hall–Kier alpha value is -0.740. The molecule has 1 fully saturated rings. The van der Waals surface area contributed by atoms with E-state index < -0.39 is 0 Å². The second-order valence-corrected chi connectivity index (χ2v) is 4.41. The van der Waals surface area contributed by atoms with Gasteiger partial charge in [-0.15, -0.1) is 0 Å². The third-order valence-corrected chi connectivity index (χ3v) is 3.31. The molecule has 2 rings (SSSR count). The second kappa shape index (κ2) is 4.41. The van der Waals surface area contributed by atoms with Gasteiger partial charge in [0.15, 0.2) is 0 Å². The Morgan fingerprint density at radius 3 is 2.87 bits per heavy atom. The molecule has 3 nitrogen and oxygen atoms in total. The fourth-order valence-electron chi connectivity index (χ4n) is 2.08. The van der Waals surface area contributed by atoms with Gasteiger partial charge >= 0.3 is 0 Å². The summed E-state index contributed by atoms with van der Waals surface area (Å²) in [4.78, 5) is 8.92. The molecule has 2 aliphatic rings. The molecule has 15 heavy (non-hydrogen) atoms. The quantitative estimate of drug-likeness (QED) is 0.650. The molecule has 0 bridgehead atoms. The number of piperazine rings is 1. The third kappa shape index (κ3) is 2.44. The molecule has 84 valence electrons. The first-order chi connectivity index (χ1) is 7.16. The van der Waals surface area contributed by atoms with Gasteiger partial charge in [-0.05, 0) is 20.0 Å². The van der Waals surface area contributed by atoms with Gasteiger partial charge in [-0.3, -0.25) is 9.89 Å². The van der Waals surface area contributed by atoms with E-state index in [1.54, 1.807) is 6.08 Å². The van der Waals surface area contributed by atoms with E-state index in [0.29, 0.717) is 12.5 Å². The maximum Gasteiger partial charge on any atom is 0.137 e. The minimum atomic E-state index is -0.201. The summed E-state index contributed by atoms with van der Waals surface area (Å²) in [5.41, 5.74) is 0. The molecule has 0 aromatic carbocycles. The van der Waals surface area contributed by atoms with E-state index in [1.165, 1.54) is 6.21 Å². The van der Waals surface area contributed by atoms with Gasteiger partial charge in [-0.2, -0.15) is 0 Å². The summed E-state index contributed by atoms with van der Waals surface area (Å²) in [5.74, 6) is -0.201. The molecular formula is C11H18FN3. The van der Waals surface area contributed by atoms with Crippen molar-refractivity contribution in [3.05, 3.63) is 11.9 Å². The largest absolute Gasteiger partial charge is 0.301 e. The number of hydrogen-bond acceptors (Lipinski definition) is 3. The number of dihydropyridines is 1. The highest BCUT2D eigenvalue weighted by Gasteiger charge is 2.26. The van der Waals surface area contributed by atoms with E-state index in [0.717, 1.165) is 19.6 Å². The number of aliphatic imine (C=N–C) groups is 1. The highest BCUT2D eigenvalue weighted by molar-refractivity contribution is 5.76. The first kappa shape index (κ1) is 10.8. The van der Waals surface area contributed by atoms with Crippen LogP contribution in [0.2, 0.25) is 0 Å². The number of allylic oxidation sites excluding steroid dienone is 1. The first-order valence-electron chi connectivity index (χ1n) is 5.50. The van der Waals surface area contributed by atoms with Gasteiger partial charge in [0.1, 0.15) is 12.0 Å². The third-order valence-electron chi connectivity index (χ3n) is 3.31. The van der Waals surface area contributed by atoms with Crippen molar-refractivity contribution in [1.29, 1.82) is 0 Å². The van der Waals surface area contributed by atoms with E-state index in [2.05, 4.69) is 28.8 Å². The highest BCUT2D eigenvalue weighted by atomic mass is 19.1. The Morgan fingerprint density at radius 2 is 2.27 bits per heavy atom. The van der Waals surface area contributed by atoms with E-state index in [4.69, 9.17) is 0 Å². The van der Waals surface area contributed by atoms with Crippen LogP contribution >= 0.6 is 0 Å². The zero-order chi connectivity index (χ0) is 10.8. The minimum Gasteiger partial charge on any atom is -0.301 e. The fraction of sp³-hybridized carbons (Fsp3) is 0.727. The van der Waals surface area contributed by atoms with Crippen LogP contribution in [-0.4, -0.2) is 54.9 Å². The van der Waals surface area contributed by atoms with Crippen LogP contribution in [0.3, 0.4) is 0 Å². The normalized spacial score (nSPS) is 34.2. The van der Waals surface area contributed by atoms with Gasteiger partial charge in [0.2, 0.25) is 0 Å². The summed E-state index contributed by atoms with van der Waals surface area (Å²) in [7, 11) is 2.14. The van der Waals surface area contributed by atoms with Crippen molar-refractivity contribution >= 4 is 6.21 Å². The fourth-order valence-corrected chi connectivity index (χ4v) is 2.08. The molecular weight excluding hydrogens is 193 g/mol. The summed E-state index contributed by atoms with van der Waals surface area (Å²) in [6.45, 7) is 5.33. The summed E-state index contributed by atoms with van der Waals surface area (Å²) in [6.07, 6.45) is 3.83. The van der Waals surface area contributed by atoms with Crippen LogP contribution in [-0.2, 0) is 0 Å². The Labute approximate surface area is 90.3 Å². The van der Waals surface area contributed by atoms with Crippen LogP contribution < -0.4 is 0 Å². The highest BCUT2D eigenvalue weighted by Crippen LogP contribution is 2.17. The molecule has 2 heterocycles. The molecule has 1 unspecified atom stereocenters. The molecule has 0 aromatic rings. The van der Waals surface area contributed by atoms with Crippen LogP contribution in [0.4, 0.5) is 4.39 Å². The van der Waals surface area contributed by atoms with Crippen LogP contribution in [0.5, 0.6) is 0 Å². The molecule has 0 amide bonds. The molecule has 0 aromatic heterocycles. The topological polar surface area (TPSA) is 18.8 Å². The lowest BCUT2D eigenvalue weighted by molar-refractivity contribution is 0.0749. The molecule has 0 saturated carbocycles. The lowest BCUT2D eigenvalue weighted by Crippen LogP contribution is -2.53. The van der Waals surface area contributed by atoms with Crippen molar-refractivity contribution in [2.24, 2.45) is 4.99 Å². The lowest BCUT2D eigenvalue weighted by Gasteiger charge is -2.40. The number of likely N-dealkylation sites (N-methyl/N-ethyl adjacent to an activating group) is 1. The monoisotopic (exact) mass is 211 g/mol.